The number of halogens is 1. The number of alkyl halides is 1. The van der Waals surface area contributed by atoms with Crippen LogP contribution in [0.1, 0.15) is 6.42 Å². The van der Waals surface area contributed by atoms with Gasteiger partial charge in [-0.3, -0.25) is 4.79 Å². The van der Waals surface area contributed by atoms with Crippen molar-refractivity contribution in [3.05, 3.63) is 0 Å². The van der Waals surface area contributed by atoms with Crippen LogP contribution in [-0.4, -0.2) is 47.6 Å². The Morgan fingerprint density at radius 2 is 2.00 bits per heavy atom. The fourth-order valence-electron chi connectivity index (χ4n) is 0.839. The van der Waals surface area contributed by atoms with Gasteiger partial charge in [0, 0.05) is 0 Å². The molecule has 0 heterocycles. The van der Waals surface area contributed by atoms with E-state index >= 15 is 0 Å². The second-order valence-corrected chi connectivity index (χ2v) is 4.02. The standard InChI is InChI=1S/C7H13ClN2O3/c1-10(2,7(9)13)4-5(8)3-6(11)12/h5H,3-4H2,1-2H3,(H2-,9,11,12,13)/p+1. The van der Waals surface area contributed by atoms with Gasteiger partial charge in [-0.2, -0.15) is 0 Å². The minimum atomic E-state index is -0.982. The van der Waals surface area contributed by atoms with Crippen molar-refractivity contribution in [3.63, 3.8) is 0 Å². The maximum Gasteiger partial charge on any atom is 0.413 e. The van der Waals surface area contributed by atoms with Crippen LogP contribution in [0.2, 0.25) is 0 Å². The number of rotatable bonds is 4. The number of carboxylic acids is 1. The van der Waals surface area contributed by atoms with Gasteiger partial charge < -0.3 is 10.8 Å². The Bertz CT molecular complexity index is 218. The molecule has 0 rings (SSSR count). The molecule has 0 spiro atoms. The Morgan fingerprint density at radius 3 is 2.31 bits per heavy atom. The predicted octanol–water partition coefficient (Wildman–Crippen LogP) is 0.224. The molecule has 0 radical (unpaired) electrons. The molecule has 0 saturated heterocycles. The number of nitrogens with zero attached hydrogens (tertiary/aromatic N) is 1. The number of urea groups is 1. The summed E-state index contributed by atoms with van der Waals surface area (Å²) >= 11 is 5.70. The molecular weight excluding hydrogens is 196 g/mol. The van der Waals surface area contributed by atoms with Gasteiger partial charge in [0.25, 0.3) is 0 Å². The fraction of sp³-hybridized carbons (Fsp3) is 0.714. The summed E-state index contributed by atoms with van der Waals surface area (Å²) in [4.78, 5) is 21.1. The van der Waals surface area contributed by atoms with Crippen LogP contribution in [0.15, 0.2) is 0 Å². The molecule has 0 aromatic heterocycles. The lowest BCUT2D eigenvalue weighted by molar-refractivity contribution is -0.807. The number of carbonyl (C=O) groups excluding carboxylic acids is 1. The highest BCUT2D eigenvalue weighted by atomic mass is 35.5. The van der Waals surface area contributed by atoms with Crippen molar-refractivity contribution in [1.82, 2.24) is 0 Å². The highest BCUT2D eigenvalue weighted by Gasteiger charge is 2.27. The summed E-state index contributed by atoms with van der Waals surface area (Å²) in [5.74, 6) is -0.982. The molecule has 0 saturated carbocycles. The van der Waals surface area contributed by atoms with E-state index in [-0.39, 0.29) is 17.4 Å². The van der Waals surface area contributed by atoms with Crippen molar-refractivity contribution in [1.29, 1.82) is 0 Å². The molecule has 0 bridgehead atoms. The fourth-order valence-corrected chi connectivity index (χ4v) is 1.32. The lowest BCUT2D eigenvalue weighted by Gasteiger charge is -2.25. The Hall–Kier alpha value is -0.810. The van der Waals surface area contributed by atoms with E-state index in [2.05, 4.69) is 0 Å². The van der Waals surface area contributed by atoms with Crippen LogP contribution < -0.4 is 5.73 Å². The van der Waals surface area contributed by atoms with Gasteiger partial charge in [0.2, 0.25) is 0 Å². The zero-order valence-electron chi connectivity index (χ0n) is 7.66. The molecular formula is C7H14ClN2O3+. The van der Waals surface area contributed by atoms with E-state index in [1.54, 1.807) is 14.1 Å². The number of quaternary nitrogens is 1. The third kappa shape index (κ3) is 4.69. The molecule has 0 aliphatic rings. The van der Waals surface area contributed by atoms with Crippen LogP contribution in [-0.2, 0) is 4.79 Å². The average molecular weight is 210 g/mol. The summed E-state index contributed by atoms with van der Waals surface area (Å²) in [7, 11) is 3.17. The Morgan fingerprint density at radius 1 is 1.54 bits per heavy atom. The number of hydrogen-bond donors (Lipinski definition) is 2. The molecule has 0 aliphatic heterocycles. The number of aliphatic carboxylic acids is 1. The number of hydrogen-bond acceptors (Lipinski definition) is 2. The Kier molecular flexibility index (Phi) is 4.16. The van der Waals surface area contributed by atoms with E-state index in [1.807, 2.05) is 0 Å². The van der Waals surface area contributed by atoms with Crippen molar-refractivity contribution < 1.29 is 19.2 Å². The van der Waals surface area contributed by atoms with Gasteiger partial charge in [0.1, 0.15) is 6.54 Å². The molecule has 1 unspecified atom stereocenters. The van der Waals surface area contributed by atoms with Crippen LogP contribution in [0.4, 0.5) is 4.79 Å². The number of nitrogens with two attached hydrogens (primary N) is 1. The largest absolute Gasteiger partial charge is 0.481 e. The van der Waals surface area contributed by atoms with E-state index in [9.17, 15) is 9.59 Å². The van der Waals surface area contributed by atoms with Gasteiger partial charge in [0.05, 0.1) is 25.9 Å². The number of carbonyl (C=O) groups is 2. The van der Waals surface area contributed by atoms with Crippen LogP contribution in [0.3, 0.4) is 0 Å². The molecule has 1 atom stereocenters. The van der Waals surface area contributed by atoms with Crippen molar-refractivity contribution in [2.75, 3.05) is 20.6 Å². The molecule has 0 fully saturated rings. The first-order valence-electron chi connectivity index (χ1n) is 3.74. The topological polar surface area (TPSA) is 80.4 Å². The quantitative estimate of drug-likeness (QED) is 0.514. The summed E-state index contributed by atoms with van der Waals surface area (Å²) in [6.07, 6.45) is -0.170. The summed E-state index contributed by atoms with van der Waals surface area (Å²) < 4.78 is -0.110. The first-order chi connectivity index (χ1) is 5.75. The van der Waals surface area contributed by atoms with E-state index in [0.29, 0.717) is 0 Å². The number of primary amides is 1. The van der Waals surface area contributed by atoms with Crippen LogP contribution in [0.25, 0.3) is 0 Å². The lowest BCUT2D eigenvalue weighted by atomic mass is 10.3. The minimum absolute atomic E-state index is 0.110. The second kappa shape index (κ2) is 4.43. The van der Waals surface area contributed by atoms with Gasteiger partial charge in [0.15, 0.2) is 0 Å². The molecule has 13 heavy (non-hydrogen) atoms. The molecule has 76 valence electrons. The van der Waals surface area contributed by atoms with Gasteiger partial charge in [-0.05, 0) is 0 Å². The van der Waals surface area contributed by atoms with Crippen molar-refractivity contribution in [3.8, 4) is 0 Å². The lowest BCUT2D eigenvalue weighted by Crippen LogP contribution is -2.52. The molecule has 0 aromatic carbocycles. The number of amides is 2. The smallest absolute Gasteiger partial charge is 0.413 e. The SMILES string of the molecule is C[N+](C)(CC(Cl)CC(=O)O)C(N)=O. The highest BCUT2D eigenvalue weighted by molar-refractivity contribution is 6.21. The summed E-state index contributed by atoms with van der Waals surface area (Å²) in [5, 5.41) is 7.83. The molecule has 2 amide bonds. The molecule has 3 N–H and O–H groups in total. The van der Waals surface area contributed by atoms with Gasteiger partial charge in [-0.1, -0.05) is 0 Å². The number of carboxylic acid groups (broad SMARTS) is 1. The molecule has 0 aliphatic carbocycles. The first-order valence-corrected chi connectivity index (χ1v) is 4.18. The summed E-state index contributed by atoms with van der Waals surface area (Å²) in [6.45, 7) is 0.211. The van der Waals surface area contributed by atoms with E-state index in [0.717, 1.165) is 0 Å². The van der Waals surface area contributed by atoms with E-state index < -0.39 is 17.4 Å². The summed E-state index contributed by atoms with van der Waals surface area (Å²) in [6, 6.07) is -0.531. The predicted molar refractivity (Wildman–Crippen MR) is 48.5 cm³/mol. The van der Waals surface area contributed by atoms with Crippen LogP contribution >= 0.6 is 11.6 Å². The third-order valence-corrected chi connectivity index (χ3v) is 1.94. The van der Waals surface area contributed by atoms with Crippen LogP contribution in [0.5, 0.6) is 0 Å². The first kappa shape index (κ1) is 12.2. The molecule has 5 nitrogen and oxygen atoms in total. The van der Waals surface area contributed by atoms with Gasteiger partial charge in [-0.25, -0.2) is 9.28 Å². The summed E-state index contributed by atoms with van der Waals surface area (Å²) in [5.41, 5.74) is 5.08. The Balaban J connectivity index is 4.11. The average Bonchev–Trinajstić information content (AvgIpc) is 1.82. The molecule has 6 heteroatoms. The maximum absolute atomic E-state index is 10.8. The van der Waals surface area contributed by atoms with E-state index in [1.165, 1.54) is 0 Å². The zero-order chi connectivity index (χ0) is 10.6. The van der Waals surface area contributed by atoms with Crippen molar-refractivity contribution in [2.45, 2.75) is 11.8 Å². The Labute approximate surface area is 81.7 Å². The highest BCUT2D eigenvalue weighted by Crippen LogP contribution is 2.08. The monoisotopic (exact) mass is 209 g/mol. The normalized spacial score (nSPS) is 13.8. The zero-order valence-corrected chi connectivity index (χ0v) is 8.41. The molecule has 0 aromatic rings. The van der Waals surface area contributed by atoms with Crippen molar-refractivity contribution in [2.24, 2.45) is 5.73 Å². The van der Waals surface area contributed by atoms with Gasteiger partial charge in [-0.15, -0.1) is 11.6 Å². The van der Waals surface area contributed by atoms with Gasteiger partial charge >= 0.3 is 12.0 Å². The van der Waals surface area contributed by atoms with E-state index in [4.69, 9.17) is 22.4 Å². The third-order valence-electron chi connectivity index (χ3n) is 1.65. The second-order valence-electron chi connectivity index (χ2n) is 3.40. The minimum Gasteiger partial charge on any atom is -0.481 e. The maximum atomic E-state index is 10.8. The van der Waals surface area contributed by atoms with Crippen molar-refractivity contribution >= 4 is 23.6 Å². The van der Waals surface area contributed by atoms with Crippen LogP contribution in [0, 0.1) is 0 Å².